The zero-order valence-corrected chi connectivity index (χ0v) is 23.4. The van der Waals surface area contributed by atoms with Crippen LogP contribution in [0.4, 0.5) is 14.9 Å². The third-order valence-corrected chi connectivity index (χ3v) is 6.13. The molecule has 1 unspecified atom stereocenters. The topological polar surface area (TPSA) is 107 Å². The number of carbonyl (C=O) groups is 2. The number of anilines is 1. The average Bonchev–Trinajstić information content (AvgIpc) is 2.97. The predicted molar refractivity (Wildman–Crippen MR) is 153 cm³/mol. The van der Waals surface area contributed by atoms with Gasteiger partial charge in [0.25, 0.3) is 0 Å². The molecule has 220 valence electrons. The quantitative estimate of drug-likeness (QED) is 0.203. The summed E-state index contributed by atoms with van der Waals surface area (Å²) in [6, 6.07) is 19.9. The number of hydrogen-bond acceptors (Lipinski definition) is 6. The number of unbranched alkanes of at least 4 members (excludes halogenated alkanes) is 1. The van der Waals surface area contributed by atoms with Crippen molar-refractivity contribution < 1.29 is 38.0 Å². The number of ether oxygens (including phenoxy) is 4. The van der Waals surface area contributed by atoms with E-state index in [-0.39, 0.29) is 24.9 Å². The maximum absolute atomic E-state index is 13.1. The van der Waals surface area contributed by atoms with Crippen LogP contribution in [-0.4, -0.2) is 68.1 Å². The fourth-order valence-corrected chi connectivity index (χ4v) is 3.97. The first-order valence-corrected chi connectivity index (χ1v) is 13.5. The lowest BCUT2D eigenvalue weighted by atomic mass is 10.1. The molecule has 9 nitrogen and oxygen atoms in total. The van der Waals surface area contributed by atoms with Gasteiger partial charge in [-0.1, -0.05) is 18.2 Å². The Morgan fingerprint density at radius 3 is 2.24 bits per heavy atom. The monoisotopic (exact) mass is 568 g/mol. The number of methoxy groups -OCH3 is 1. The Labute approximate surface area is 239 Å². The lowest BCUT2D eigenvalue weighted by Gasteiger charge is -2.23. The number of halogens is 1. The normalized spacial score (nSPS) is 11.4. The van der Waals surface area contributed by atoms with Gasteiger partial charge in [0.05, 0.1) is 20.3 Å². The Balaban J connectivity index is 1.53. The summed E-state index contributed by atoms with van der Waals surface area (Å²) in [5.41, 5.74) is 1.43. The van der Waals surface area contributed by atoms with E-state index < -0.39 is 12.1 Å². The van der Waals surface area contributed by atoms with Crippen LogP contribution >= 0.6 is 0 Å². The summed E-state index contributed by atoms with van der Waals surface area (Å²) in [6.07, 6.45) is 0.741. The Morgan fingerprint density at radius 1 is 0.902 bits per heavy atom. The molecule has 3 rings (SSSR count). The molecule has 0 aromatic heterocycles. The van der Waals surface area contributed by atoms with Crippen molar-refractivity contribution in [3.05, 3.63) is 84.2 Å². The molecule has 0 aliphatic rings. The number of nitrogens with zero attached hydrogens (tertiary/aromatic N) is 1. The van der Waals surface area contributed by atoms with E-state index in [4.69, 9.17) is 18.9 Å². The van der Waals surface area contributed by atoms with Crippen LogP contribution in [0.2, 0.25) is 0 Å². The number of carbonyl (C=O) groups excluding carboxylic acids is 1. The van der Waals surface area contributed by atoms with E-state index in [1.807, 2.05) is 0 Å². The summed E-state index contributed by atoms with van der Waals surface area (Å²) in [5.74, 6) is 0.519. The molecule has 0 saturated carbocycles. The number of hydrogen-bond donors (Lipinski definition) is 2. The molecule has 0 fully saturated rings. The molecule has 2 N–H and O–H groups in total. The number of aliphatic carboxylic acids is 1. The minimum Gasteiger partial charge on any atom is -0.497 e. The first kappa shape index (κ1) is 31.2. The molecule has 0 spiro atoms. The van der Waals surface area contributed by atoms with Gasteiger partial charge in [0.1, 0.15) is 29.7 Å². The van der Waals surface area contributed by atoms with E-state index in [0.717, 1.165) is 5.56 Å². The maximum atomic E-state index is 13.1. The van der Waals surface area contributed by atoms with Crippen LogP contribution in [0.3, 0.4) is 0 Å². The molecule has 2 amide bonds. The van der Waals surface area contributed by atoms with E-state index in [2.05, 4.69) is 5.32 Å². The molecule has 3 aromatic rings. The van der Waals surface area contributed by atoms with Crippen LogP contribution in [0.15, 0.2) is 72.8 Å². The molecular weight excluding hydrogens is 531 g/mol. The second kappa shape index (κ2) is 16.7. The van der Waals surface area contributed by atoms with E-state index in [1.54, 1.807) is 79.6 Å². The zero-order chi connectivity index (χ0) is 29.5. The van der Waals surface area contributed by atoms with Gasteiger partial charge in [-0.25, -0.2) is 14.0 Å². The third kappa shape index (κ3) is 11.0. The molecule has 0 aliphatic carbocycles. The molecule has 0 saturated heterocycles. The lowest BCUT2D eigenvalue weighted by molar-refractivity contribution is -0.149. The molecule has 1 atom stereocenters. The zero-order valence-electron chi connectivity index (χ0n) is 23.4. The van der Waals surface area contributed by atoms with Crippen molar-refractivity contribution in [1.29, 1.82) is 0 Å². The molecule has 3 aromatic carbocycles. The summed E-state index contributed by atoms with van der Waals surface area (Å²) >= 11 is 0. The standard InChI is InChI=1S/C31H37FN2O7/c1-3-39-29(30(35)36)21-23-9-13-26(14-10-23)41-20-18-34(31(37)33-25-7-6-8-28(22-25)38-2)17-4-5-19-40-27-15-11-24(32)12-16-27/h6-16,22,29H,3-5,17-21H2,1-2H3,(H,33,37)(H,35,36). The van der Waals surface area contributed by atoms with Crippen molar-refractivity contribution in [2.75, 3.05) is 45.3 Å². The van der Waals surface area contributed by atoms with Crippen molar-refractivity contribution in [3.8, 4) is 17.2 Å². The van der Waals surface area contributed by atoms with Crippen molar-refractivity contribution >= 4 is 17.7 Å². The van der Waals surface area contributed by atoms with E-state index >= 15 is 0 Å². The number of urea groups is 1. The molecule has 0 aliphatic heterocycles. The molecular formula is C31H37FN2O7. The van der Waals surface area contributed by atoms with Gasteiger partial charge in [-0.3, -0.25) is 0 Å². The van der Waals surface area contributed by atoms with Crippen molar-refractivity contribution in [1.82, 2.24) is 4.90 Å². The van der Waals surface area contributed by atoms with E-state index in [9.17, 15) is 19.1 Å². The first-order valence-electron chi connectivity index (χ1n) is 13.5. The van der Waals surface area contributed by atoms with Crippen LogP contribution in [0.5, 0.6) is 17.2 Å². The van der Waals surface area contributed by atoms with Crippen molar-refractivity contribution in [3.63, 3.8) is 0 Å². The van der Waals surface area contributed by atoms with Crippen LogP contribution in [0.25, 0.3) is 0 Å². The van der Waals surface area contributed by atoms with Crippen LogP contribution in [-0.2, 0) is 16.0 Å². The third-order valence-electron chi connectivity index (χ3n) is 6.13. The number of benzene rings is 3. The highest BCUT2D eigenvalue weighted by molar-refractivity contribution is 5.89. The Morgan fingerprint density at radius 2 is 1.59 bits per heavy atom. The highest BCUT2D eigenvalue weighted by Gasteiger charge is 2.18. The largest absolute Gasteiger partial charge is 0.497 e. The second-order valence-electron chi connectivity index (χ2n) is 9.14. The Kier molecular flexibility index (Phi) is 12.7. The number of amides is 2. The van der Waals surface area contributed by atoms with Crippen LogP contribution in [0.1, 0.15) is 25.3 Å². The number of carboxylic acid groups (broad SMARTS) is 1. The first-order chi connectivity index (χ1) is 19.9. The van der Waals surface area contributed by atoms with Gasteiger partial charge in [-0.2, -0.15) is 0 Å². The van der Waals surface area contributed by atoms with Gasteiger partial charge < -0.3 is 34.3 Å². The summed E-state index contributed by atoms with van der Waals surface area (Å²) in [4.78, 5) is 26.1. The van der Waals surface area contributed by atoms with Gasteiger partial charge in [0.2, 0.25) is 0 Å². The van der Waals surface area contributed by atoms with Gasteiger partial charge >= 0.3 is 12.0 Å². The molecule has 0 radical (unpaired) electrons. The van der Waals surface area contributed by atoms with Crippen LogP contribution < -0.4 is 19.5 Å². The van der Waals surface area contributed by atoms with Gasteiger partial charge in [-0.15, -0.1) is 0 Å². The summed E-state index contributed by atoms with van der Waals surface area (Å²) in [7, 11) is 1.56. The number of carboxylic acids is 1. The summed E-state index contributed by atoms with van der Waals surface area (Å²) in [6.45, 7) is 3.58. The minimum atomic E-state index is -0.999. The van der Waals surface area contributed by atoms with Crippen LogP contribution in [0, 0.1) is 5.82 Å². The molecule has 41 heavy (non-hydrogen) atoms. The lowest BCUT2D eigenvalue weighted by Crippen LogP contribution is -2.38. The predicted octanol–water partition coefficient (Wildman–Crippen LogP) is 5.64. The summed E-state index contributed by atoms with van der Waals surface area (Å²) in [5, 5.41) is 12.2. The van der Waals surface area contributed by atoms with E-state index in [0.29, 0.717) is 62.1 Å². The molecule has 10 heteroatoms. The molecule has 0 heterocycles. The maximum Gasteiger partial charge on any atom is 0.333 e. The number of rotatable bonds is 17. The average molecular weight is 569 g/mol. The SMILES string of the molecule is CCOC(Cc1ccc(OCCN(CCCCOc2ccc(F)cc2)C(=O)Nc2cccc(OC)c2)cc1)C(=O)O. The van der Waals surface area contributed by atoms with Crippen molar-refractivity contribution in [2.45, 2.75) is 32.3 Å². The van der Waals surface area contributed by atoms with Gasteiger partial charge in [0, 0.05) is 31.3 Å². The highest BCUT2D eigenvalue weighted by atomic mass is 19.1. The van der Waals surface area contributed by atoms with Gasteiger partial charge in [-0.05, 0) is 73.9 Å². The fraction of sp³-hybridized carbons (Fsp3) is 0.355. The smallest absolute Gasteiger partial charge is 0.333 e. The highest BCUT2D eigenvalue weighted by Crippen LogP contribution is 2.18. The number of nitrogens with one attached hydrogen (secondary N) is 1. The van der Waals surface area contributed by atoms with Gasteiger partial charge in [0.15, 0.2) is 6.10 Å². The Bertz CT molecular complexity index is 1220. The summed E-state index contributed by atoms with van der Waals surface area (Å²) < 4.78 is 35.1. The second-order valence-corrected chi connectivity index (χ2v) is 9.14. The minimum absolute atomic E-state index is 0.256. The molecule has 0 bridgehead atoms. The Hall–Kier alpha value is -4.31. The van der Waals surface area contributed by atoms with E-state index in [1.165, 1.54) is 12.1 Å². The fourth-order valence-electron chi connectivity index (χ4n) is 3.97. The van der Waals surface area contributed by atoms with Crippen molar-refractivity contribution in [2.24, 2.45) is 0 Å².